The zero-order valence-corrected chi connectivity index (χ0v) is 11.0. The van der Waals surface area contributed by atoms with E-state index < -0.39 is 0 Å². The molecule has 0 saturated carbocycles. The van der Waals surface area contributed by atoms with Gasteiger partial charge in [0.25, 0.3) is 0 Å². The topological polar surface area (TPSA) is 34.9 Å². The van der Waals surface area contributed by atoms with Crippen LogP contribution >= 0.6 is 11.6 Å². The molecule has 0 radical (unpaired) electrons. The van der Waals surface area contributed by atoms with Crippen LogP contribution in [0.1, 0.15) is 36.9 Å². The van der Waals surface area contributed by atoms with E-state index in [0.29, 0.717) is 11.6 Å². The second-order valence-electron chi connectivity index (χ2n) is 4.55. The molecule has 0 spiro atoms. The number of aryl methyl sites for hydroxylation is 2. The number of Topliss-reactive ketones (excluding diaryl/α,β-unsaturated/α-hetero) is 1. The van der Waals surface area contributed by atoms with Crippen molar-refractivity contribution in [3.8, 4) is 0 Å². The fraction of sp³-hybridized carbons (Fsp3) is 0.538. The summed E-state index contributed by atoms with van der Waals surface area (Å²) in [5, 5.41) is 4.80. The summed E-state index contributed by atoms with van der Waals surface area (Å²) in [4.78, 5) is 12.1. The summed E-state index contributed by atoms with van der Waals surface area (Å²) < 4.78 is 1.62. The van der Waals surface area contributed by atoms with Crippen LogP contribution in [0.3, 0.4) is 0 Å². The van der Waals surface area contributed by atoms with Gasteiger partial charge in [-0.15, -0.1) is 0 Å². The van der Waals surface area contributed by atoms with Crippen molar-refractivity contribution in [1.29, 1.82) is 0 Å². The van der Waals surface area contributed by atoms with E-state index in [2.05, 4.69) is 11.2 Å². The molecule has 0 N–H and O–H groups in total. The lowest BCUT2D eigenvalue weighted by atomic mass is 9.93. The van der Waals surface area contributed by atoms with E-state index in [1.165, 1.54) is 6.42 Å². The van der Waals surface area contributed by atoms with Crippen LogP contribution in [0.4, 0.5) is 0 Å². The van der Waals surface area contributed by atoms with E-state index in [9.17, 15) is 4.79 Å². The maximum Gasteiger partial charge on any atom is 0.163 e. The zero-order valence-electron chi connectivity index (χ0n) is 10.3. The second-order valence-corrected chi connectivity index (χ2v) is 4.91. The number of aromatic nitrogens is 2. The third kappa shape index (κ3) is 2.60. The van der Waals surface area contributed by atoms with E-state index in [0.717, 1.165) is 36.1 Å². The van der Waals surface area contributed by atoms with Gasteiger partial charge in [-0.2, -0.15) is 5.10 Å². The van der Waals surface area contributed by atoms with Crippen molar-refractivity contribution in [3.05, 3.63) is 28.1 Å². The van der Waals surface area contributed by atoms with Gasteiger partial charge in [-0.1, -0.05) is 17.7 Å². The van der Waals surface area contributed by atoms with Gasteiger partial charge in [0.2, 0.25) is 0 Å². The van der Waals surface area contributed by atoms with E-state index >= 15 is 0 Å². The van der Waals surface area contributed by atoms with Gasteiger partial charge in [0, 0.05) is 19.0 Å². The lowest BCUT2D eigenvalue weighted by Crippen LogP contribution is -2.09. The molecule has 0 aliphatic heterocycles. The monoisotopic (exact) mass is 252 g/mol. The summed E-state index contributed by atoms with van der Waals surface area (Å²) >= 11 is 6.13. The lowest BCUT2D eigenvalue weighted by molar-refractivity contribution is -0.115. The Hall–Kier alpha value is -1.09. The first-order chi connectivity index (χ1) is 8.09. The normalized spacial score (nSPS) is 15.8. The number of ketones is 1. The Labute approximate surface area is 106 Å². The van der Waals surface area contributed by atoms with Crippen molar-refractivity contribution in [1.82, 2.24) is 9.78 Å². The molecular formula is C13H17ClN2O. The minimum atomic E-state index is 0.197. The van der Waals surface area contributed by atoms with Gasteiger partial charge in [0.15, 0.2) is 5.78 Å². The number of carbonyl (C=O) groups excluding carboxylic acids is 1. The van der Waals surface area contributed by atoms with Crippen molar-refractivity contribution >= 4 is 17.4 Å². The Morgan fingerprint density at radius 2 is 2.29 bits per heavy atom. The van der Waals surface area contributed by atoms with Crippen molar-refractivity contribution in [2.24, 2.45) is 7.05 Å². The Morgan fingerprint density at radius 3 is 2.82 bits per heavy atom. The summed E-state index contributed by atoms with van der Waals surface area (Å²) in [7, 11) is 1.79. The van der Waals surface area contributed by atoms with Crippen LogP contribution in [0.15, 0.2) is 11.6 Å². The molecule has 92 valence electrons. The lowest BCUT2D eigenvalue weighted by Gasteiger charge is -2.11. The van der Waals surface area contributed by atoms with Gasteiger partial charge in [-0.05, 0) is 38.2 Å². The number of carbonyl (C=O) groups is 1. The first-order valence-corrected chi connectivity index (χ1v) is 6.37. The Kier molecular flexibility index (Phi) is 3.67. The summed E-state index contributed by atoms with van der Waals surface area (Å²) in [5.41, 5.74) is 2.68. The molecule has 4 heteroatoms. The first-order valence-electron chi connectivity index (χ1n) is 6.00. The van der Waals surface area contributed by atoms with Gasteiger partial charge in [-0.3, -0.25) is 9.48 Å². The SMILES string of the molecule is Cc1nn(C)c(Cl)c1CC(=O)C1=CCCCC1. The van der Waals surface area contributed by atoms with Crippen molar-refractivity contribution in [2.45, 2.75) is 39.0 Å². The van der Waals surface area contributed by atoms with Crippen LogP contribution in [0.25, 0.3) is 0 Å². The minimum absolute atomic E-state index is 0.197. The molecule has 0 bridgehead atoms. The smallest absolute Gasteiger partial charge is 0.163 e. The van der Waals surface area contributed by atoms with Crippen molar-refractivity contribution in [3.63, 3.8) is 0 Å². The Morgan fingerprint density at radius 1 is 1.53 bits per heavy atom. The standard InChI is InChI=1S/C13H17ClN2O/c1-9-11(13(14)16(2)15-9)8-12(17)10-6-4-3-5-7-10/h6H,3-5,7-8H2,1-2H3. The van der Waals surface area contributed by atoms with Gasteiger partial charge >= 0.3 is 0 Å². The fourth-order valence-electron chi connectivity index (χ4n) is 2.24. The summed E-state index contributed by atoms with van der Waals surface area (Å²) in [5.74, 6) is 0.197. The fourth-order valence-corrected chi connectivity index (χ4v) is 2.48. The van der Waals surface area contributed by atoms with Crippen LogP contribution in [0.2, 0.25) is 5.15 Å². The van der Waals surface area contributed by atoms with Crippen LogP contribution in [0.5, 0.6) is 0 Å². The molecule has 1 aliphatic carbocycles. The third-order valence-corrected chi connectivity index (χ3v) is 3.73. The Balaban J connectivity index is 2.15. The molecule has 1 aliphatic rings. The van der Waals surface area contributed by atoms with Crippen LogP contribution in [0, 0.1) is 6.92 Å². The molecule has 0 amide bonds. The molecule has 1 heterocycles. The first kappa shape index (κ1) is 12.4. The average molecular weight is 253 g/mol. The molecule has 1 aromatic rings. The second kappa shape index (κ2) is 5.05. The maximum absolute atomic E-state index is 12.1. The van der Waals surface area contributed by atoms with Crippen molar-refractivity contribution in [2.75, 3.05) is 0 Å². The van der Waals surface area contributed by atoms with Crippen LogP contribution < -0.4 is 0 Å². The number of hydrogen-bond donors (Lipinski definition) is 0. The highest BCUT2D eigenvalue weighted by Gasteiger charge is 2.18. The predicted octanol–water partition coefficient (Wildman–Crippen LogP) is 2.99. The number of halogens is 1. The van der Waals surface area contributed by atoms with Gasteiger partial charge in [0.1, 0.15) is 5.15 Å². The van der Waals surface area contributed by atoms with Crippen LogP contribution in [-0.4, -0.2) is 15.6 Å². The highest BCUT2D eigenvalue weighted by Crippen LogP contribution is 2.23. The summed E-state index contributed by atoms with van der Waals surface area (Å²) in [6, 6.07) is 0. The average Bonchev–Trinajstić information content (AvgIpc) is 2.57. The minimum Gasteiger partial charge on any atom is -0.294 e. The van der Waals surface area contributed by atoms with Gasteiger partial charge in [0.05, 0.1) is 5.69 Å². The highest BCUT2D eigenvalue weighted by molar-refractivity contribution is 6.30. The summed E-state index contributed by atoms with van der Waals surface area (Å²) in [6.07, 6.45) is 6.72. The van der Waals surface area contributed by atoms with E-state index in [-0.39, 0.29) is 5.78 Å². The molecule has 3 nitrogen and oxygen atoms in total. The van der Waals surface area contributed by atoms with E-state index in [4.69, 9.17) is 11.6 Å². The molecule has 2 rings (SSSR count). The largest absolute Gasteiger partial charge is 0.294 e. The summed E-state index contributed by atoms with van der Waals surface area (Å²) in [6.45, 7) is 1.89. The molecule has 0 atom stereocenters. The molecule has 0 saturated heterocycles. The number of rotatable bonds is 3. The number of allylic oxidation sites excluding steroid dienone is 2. The molecule has 0 unspecified atom stereocenters. The molecular weight excluding hydrogens is 236 g/mol. The maximum atomic E-state index is 12.1. The molecule has 17 heavy (non-hydrogen) atoms. The number of nitrogens with zero attached hydrogens (tertiary/aromatic N) is 2. The Bertz CT molecular complexity index is 474. The van der Waals surface area contributed by atoms with Gasteiger partial charge < -0.3 is 0 Å². The van der Waals surface area contributed by atoms with Gasteiger partial charge in [-0.25, -0.2) is 0 Å². The molecule has 1 aromatic heterocycles. The van der Waals surface area contributed by atoms with Crippen LogP contribution in [-0.2, 0) is 18.3 Å². The quantitative estimate of drug-likeness (QED) is 0.829. The van der Waals surface area contributed by atoms with Crippen molar-refractivity contribution < 1.29 is 4.79 Å². The van der Waals surface area contributed by atoms with E-state index in [1.54, 1.807) is 11.7 Å². The number of hydrogen-bond acceptors (Lipinski definition) is 2. The zero-order chi connectivity index (χ0) is 12.4. The predicted molar refractivity (Wildman–Crippen MR) is 68.2 cm³/mol. The highest BCUT2D eigenvalue weighted by atomic mass is 35.5. The molecule has 0 aromatic carbocycles. The third-order valence-electron chi connectivity index (χ3n) is 3.26. The molecule has 0 fully saturated rings. The van der Waals surface area contributed by atoms with E-state index in [1.807, 2.05) is 6.92 Å².